The molecule has 0 aliphatic carbocycles. The molecule has 0 aromatic heterocycles. The van der Waals surface area contributed by atoms with E-state index in [2.05, 4.69) is 0 Å². The highest BCUT2D eigenvalue weighted by Crippen LogP contribution is 2.27. The van der Waals surface area contributed by atoms with E-state index in [1.807, 2.05) is 85.7 Å². The van der Waals surface area contributed by atoms with Gasteiger partial charge in [-0.25, -0.2) is 4.79 Å². The number of carbonyl (C=O) groups is 5. The Hall–Kier alpha value is -3.63. The average molecular weight is 628 g/mol. The van der Waals surface area contributed by atoms with Gasteiger partial charge < -0.3 is 24.3 Å². The van der Waals surface area contributed by atoms with Crippen LogP contribution in [0.3, 0.4) is 0 Å². The van der Waals surface area contributed by atoms with Crippen LogP contribution in [-0.2, 0) is 30.5 Å². The maximum atomic E-state index is 14.0. The Morgan fingerprint density at radius 1 is 0.711 bits per heavy atom. The van der Waals surface area contributed by atoms with Crippen LogP contribution in [-0.4, -0.2) is 117 Å². The molecule has 2 fully saturated rings. The number of nitrogens with zero attached hydrogens (tertiary/aromatic N) is 5. The van der Waals surface area contributed by atoms with Crippen LogP contribution in [0.4, 0.5) is 4.79 Å². The Morgan fingerprint density at radius 2 is 1.24 bits per heavy atom. The molecule has 0 saturated carbocycles. The maximum Gasteiger partial charge on any atom is 0.410 e. The fraction of sp³-hybridized carbons (Fsp3) is 0.676. The summed E-state index contributed by atoms with van der Waals surface area (Å²) in [6.45, 7) is 15.9. The Morgan fingerprint density at radius 3 is 1.80 bits per heavy atom. The molecule has 0 spiro atoms. The Kier molecular flexibility index (Phi) is 12.8. The first kappa shape index (κ1) is 35.8. The largest absolute Gasteiger partial charge is 0.445 e. The Balaban J connectivity index is 1.70. The van der Waals surface area contributed by atoms with Crippen molar-refractivity contribution >= 4 is 29.7 Å². The minimum Gasteiger partial charge on any atom is -0.445 e. The van der Waals surface area contributed by atoms with Crippen molar-refractivity contribution < 1.29 is 28.7 Å². The predicted molar refractivity (Wildman–Crippen MR) is 172 cm³/mol. The molecule has 0 bridgehead atoms. The molecule has 45 heavy (non-hydrogen) atoms. The Labute approximate surface area is 268 Å². The van der Waals surface area contributed by atoms with Gasteiger partial charge in [0.1, 0.15) is 31.8 Å². The molecule has 5 amide bonds. The fourth-order valence-electron chi connectivity index (χ4n) is 6.42. The summed E-state index contributed by atoms with van der Waals surface area (Å²) in [4.78, 5) is 75.6. The second-order valence-corrected chi connectivity index (χ2v) is 13.2. The molecule has 2 atom stereocenters. The SMILES string of the molecule is CC(C)N(CC(=O)N(C(C)C)C(C)C)C(=O)CN(C(=O)[C@H]1CCCN1C(=O)[C@H]1CCCN1C(=O)OCc1ccccc1)C(C)C. The zero-order chi connectivity index (χ0) is 33.4. The molecule has 11 nitrogen and oxygen atoms in total. The first-order valence-corrected chi connectivity index (χ1v) is 16.4. The zero-order valence-electron chi connectivity index (χ0n) is 28.4. The molecular weight excluding hydrogens is 574 g/mol. The summed E-state index contributed by atoms with van der Waals surface area (Å²) in [6, 6.07) is 7.39. The number of hydrogen-bond donors (Lipinski definition) is 0. The molecule has 0 N–H and O–H groups in total. The number of amides is 5. The number of benzene rings is 1. The summed E-state index contributed by atoms with van der Waals surface area (Å²) in [6.07, 6.45) is 1.77. The molecule has 2 saturated heterocycles. The van der Waals surface area contributed by atoms with Crippen LogP contribution in [0, 0.1) is 0 Å². The van der Waals surface area contributed by atoms with E-state index in [1.165, 1.54) is 14.7 Å². The molecule has 1 aromatic rings. The van der Waals surface area contributed by atoms with Crippen molar-refractivity contribution in [2.24, 2.45) is 0 Å². The second-order valence-electron chi connectivity index (χ2n) is 13.2. The minimum atomic E-state index is -0.720. The summed E-state index contributed by atoms with van der Waals surface area (Å²) >= 11 is 0. The van der Waals surface area contributed by atoms with Gasteiger partial charge in [-0.1, -0.05) is 30.3 Å². The highest BCUT2D eigenvalue weighted by Gasteiger charge is 2.44. The maximum absolute atomic E-state index is 14.0. The van der Waals surface area contributed by atoms with Crippen LogP contribution in [0.15, 0.2) is 30.3 Å². The van der Waals surface area contributed by atoms with Crippen LogP contribution in [0.5, 0.6) is 0 Å². The van der Waals surface area contributed by atoms with Gasteiger partial charge in [-0.2, -0.15) is 0 Å². The molecule has 2 aliphatic rings. The normalized spacial score (nSPS) is 18.2. The topological polar surface area (TPSA) is 111 Å². The van der Waals surface area contributed by atoms with Crippen LogP contribution >= 0.6 is 0 Å². The molecule has 2 aliphatic heterocycles. The lowest BCUT2D eigenvalue weighted by Crippen LogP contribution is -2.57. The first-order valence-electron chi connectivity index (χ1n) is 16.4. The second kappa shape index (κ2) is 16.1. The van der Waals surface area contributed by atoms with E-state index in [-0.39, 0.29) is 67.5 Å². The summed E-state index contributed by atoms with van der Waals surface area (Å²) in [5.74, 6) is -0.999. The van der Waals surface area contributed by atoms with Gasteiger partial charge in [0.2, 0.25) is 23.6 Å². The van der Waals surface area contributed by atoms with E-state index >= 15 is 0 Å². The number of hydrogen-bond acceptors (Lipinski definition) is 6. The van der Waals surface area contributed by atoms with E-state index in [9.17, 15) is 24.0 Å². The molecule has 0 unspecified atom stereocenters. The van der Waals surface area contributed by atoms with Crippen LogP contribution in [0.25, 0.3) is 0 Å². The highest BCUT2D eigenvalue weighted by molar-refractivity contribution is 5.94. The smallest absolute Gasteiger partial charge is 0.410 e. The third-order valence-corrected chi connectivity index (χ3v) is 8.66. The summed E-state index contributed by atoms with van der Waals surface area (Å²) in [5, 5.41) is 0. The van der Waals surface area contributed by atoms with Crippen molar-refractivity contribution in [1.29, 1.82) is 0 Å². The third kappa shape index (κ3) is 8.98. The van der Waals surface area contributed by atoms with Gasteiger partial charge in [0.25, 0.3) is 0 Å². The van der Waals surface area contributed by atoms with Gasteiger partial charge in [0.05, 0.1) is 0 Å². The van der Waals surface area contributed by atoms with Gasteiger partial charge in [-0.05, 0) is 86.6 Å². The summed E-state index contributed by atoms with van der Waals surface area (Å²) in [5.41, 5.74) is 0.860. The molecule has 250 valence electrons. The van der Waals surface area contributed by atoms with Gasteiger partial charge >= 0.3 is 6.09 Å². The molecular formula is C34H53N5O6. The van der Waals surface area contributed by atoms with Crippen LogP contribution in [0.2, 0.25) is 0 Å². The Bertz CT molecular complexity index is 1180. The molecule has 3 rings (SSSR count). The van der Waals surface area contributed by atoms with E-state index < -0.39 is 18.2 Å². The van der Waals surface area contributed by atoms with Crippen molar-refractivity contribution in [2.75, 3.05) is 26.2 Å². The zero-order valence-corrected chi connectivity index (χ0v) is 28.4. The summed E-state index contributed by atoms with van der Waals surface area (Å²) < 4.78 is 5.52. The lowest BCUT2D eigenvalue weighted by atomic mass is 10.1. The van der Waals surface area contributed by atoms with E-state index in [0.29, 0.717) is 38.8 Å². The van der Waals surface area contributed by atoms with Crippen LogP contribution < -0.4 is 0 Å². The molecule has 0 radical (unpaired) electrons. The number of carbonyl (C=O) groups excluding carboxylic acids is 5. The lowest BCUT2D eigenvalue weighted by Gasteiger charge is -2.37. The van der Waals surface area contributed by atoms with Crippen LogP contribution in [0.1, 0.15) is 86.6 Å². The van der Waals surface area contributed by atoms with E-state index in [0.717, 1.165) is 5.56 Å². The lowest BCUT2D eigenvalue weighted by molar-refractivity contribution is -0.151. The highest BCUT2D eigenvalue weighted by atomic mass is 16.6. The van der Waals surface area contributed by atoms with Crippen molar-refractivity contribution in [3.05, 3.63) is 35.9 Å². The standard InChI is InChI=1S/C34H53N5O6/c1-23(2)37(21-31(41)39(25(5)6)26(7)8)30(40)20-38(24(3)4)33(43)28-16-12-18-35(28)32(42)29-17-13-19-36(29)34(44)45-22-27-14-10-9-11-15-27/h9-11,14-15,23-26,28-29H,12-13,16-22H2,1-8H3/t28-,29-/m1/s1. The monoisotopic (exact) mass is 627 g/mol. The molecule has 1 aromatic carbocycles. The van der Waals surface area contributed by atoms with Crippen molar-refractivity contribution in [2.45, 2.75) is 124 Å². The summed E-state index contributed by atoms with van der Waals surface area (Å²) in [7, 11) is 0. The van der Waals surface area contributed by atoms with Gasteiger partial charge in [0.15, 0.2) is 0 Å². The third-order valence-electron chi connectivity index (χ3n) is 8.66. The van der Waals surface area contributed by atoms with Gasteiger partial charge in [-0.3, -0.25) is 24.1 Å². The molecule has 2 heterocycles. The number of ether oxygens (including phenoxy) is 1. The van der Waals surface area contributed by atoms with Crippen molar-refractivity contribution in [3.8, 4) is 0 Å². The number of rotatable bonds is 12. The minimum absolute atomic E-state index is 0.0113. The fourth-order valence-corrected chi connectivity index (χ4v) is 6.42. The molecule has 11 heteroatoms. The van der Waals surface area contributed by atoms with E-state index in [4.69, 9.17) is 4.74 Å². The van der Waals surface area contributed by atoms with Gasteiger partial charge in [-0.15, -0.1) is 0 Å². The van der Waals surface area contributed by atoms with Crippen molar-refractivity contribution in [3.63, 3.8) is 0 Å². The first-order chi connectivity index (χ1) is 21.2. The predicted octanol–water partition coefficient (Wildman–Crippen LogP) is 3.90. The van der Waals surface area contributed by atoms with E-state index in [1.54, 1.807) is 9.80 Å². The van der Waals surface area contributed by atoms with Gasteiger partial charge in [0, 0.05) is 37.3 Å². The quantitative estimate of drug-likeness (QED) is 0.348. The van der Waals surface area contributed by atoms with Crippen molar-refractivity contribution in [1.82, 2.24) is 24.5 Å². The average Bonchev–Trinajstić information content (AvgIpc) is 3.67. The number of likely N-dealkylation sites (tertiary alicyclic amines) is 2.